The zero-order chi connectivity index (χ0) is 24.3. The van der Waals surface area contributed by atoms with Crippen LogP contribution in [0.1, 0.15) is 22.8 Å². The van der Waals surface area contributed by atoms with Crippen LogP contribution in [0.4, 0.5) is 18.9 Å². The van der Waals surface area contributed by atoms with Crippen LogP contribution in [0.2, 0.25) is 0 Å². The molecule has 1 N–H and O–H groups in total. The van der Waals surface area contributed by atoms with Crippen LogP contribution in [-0.4, -0.2) is 25.4 Å². The molecule has 0 atom stereocenters. The standard InChI is InChI=1S/C24H20F3N5O2/c1-15-29-21(32-11-10-28-16(32)2)14-23(30-15)34-20-8-6-19(7-9-20)31-22(33)13-17-4-3-5-18(12-17)24(25,26)27/h3-12,14H,13H2,1-2H3,(H,31,33). The topological polar surface area (TPSA) is 81.9 Å². The molecule has 4 aromatic rings. The third-order valence-corrected chi connectivity index (χ3v) is 4.85. The van der Waals surface area contributed by atoms with Gasteiger partial charge in [-0.1, -0.05) is 18.2 Å². The molecule has 0 radical (unpaired) electrons. The maximum absolute atomic E-state index is 12.9. The van der Waals surface area contributed by atoms with Crippen molar-refractivity contribution in [3.63, 3.8) is 0 Å². The fourth-order valence-corrected chi connectivity index (χ4v) is 3.30. The molecule has 0 fully saturated rings. The molecule has 2 aromatic heterocycles. The quantitative estimate of drug-likeness (QED) is 0.418. The van der Waals surface area contributed by atoms with Gasteiger partial charge in [0.1, 0.15) is 23.2 Å². The van der Waals surface area contributed by atoms with E-state index in [2.05, 4.69) is 20.3 Å². The van der Waals surface area contributed by atoms with Crippen LogP contribution in [0.25, 0.3) is 5.82 Å². The summed E-state index contributed by atoms with van der Waals surface area (Å²) in [4.78, 5) is 25.2. The first kappa shape index (κ1) is 23.0. The summed E-state index contributed by atoms with van der Waals surface area (Å²) < 4.78 is 46.2. The van der Waals surface area contributed by atoms with E-state index in [0.717, 1.165) is 18.0 Å². The second-order valence-electron chi connectivity index (χ2n) is 7.51. The number of benzene rings is 2. The van der Waals surface area contributed by atoms with E-state index in [1.165, 1.54) is 12.1 Å². The van der Waals surface area contributed by atoms with E-state index in [1.807, 2.05) is 11.5 Å². The number of hydrogen-bond acceptors (Lipinski definition) is 5. The number of anilines is 1. The number of carbonyl (C=O) groups excluding carboxylic acids is 1. The molecule has 10 heteroatoms. The predicted octanol–water partition coefficient (Wildman–Crippen LogP) is 5.27. The predicted molar refractivity (Wildman–Crippen MR) is 119 cm³/mol. The van der Waals surface area contributed by atoms with Gasteiger partial charge in [0.05, 0.1) is 12.0 Å². The first-order chi connectivity index (χ1) is 16.2. The summed E-state index contributed by atoms with van der Waals surface area (Å²) >= 11 is 0. The molecule has 34 heavy (non-hydrogen) atoms. The van der Waals surface area contributed by atoms with E-state index in [-0.39, 0.29) is 12.0 Å². The van der Waals surface area contributed by atoms with E-state index in [1.54, 1.807) is 49.6 Å². The van der Waals surface area contributed by atoms with Gasteiger partial charge < -0.3 is 10.1 Å². The second kappa shape index (κ2) is 9.34. The molecular formula is C24H20F3N5O2. The molecule has 0 spiro atoms. The van der Waals surface area contributed by atoms with Crippen molar-refractivity contribution in [2.75, 3.05) is 5.32 Å². The normalized spacial score (nSPS) is 11.3. The van der Waals surface area contributed by atoms with E-state index < -0.39 is 17.6 Å². The zero-order valence-corrected chi connectivity index (χ0v) is 18.3. The maximum Gasteiger partial charge on any atom is 0.416 e. The van der Waals surface area contributed by atoms with Gasteiger partial charge in [0.15, 0.2) is 0 Å². The molecule has 0 aliphatic carbocycles. The van der Waals surface area contributed by atoms with Crippen LogP contribution >= 0.6 is 0 Å². The Balaban J connectivity index is 1.41. The number of amides is 1. The molecule has 4 rings (SSSR count). The number of carbonyl (C=O) groups is 1. The largest absolute Gasteiger partial charge is 0.439 e. The number of halogens is 3. The lowest BCUT2D eigenvalue weighted by Gasteiger charge is -2.11. The van der Waals surface area contributed by atoms with Gasteiger partial charge in [-0.2, -0.15) is 18.2 Å². The lowest BCUT2D eigenvalue weighted by Crippen LogP contribution is -2.15. The van der Waals surface area contributed by atoms with Gasteiger partial charge in [0.2, 0.25) is 11.8 Å². The molecule has 2 aromatic carbocycles. The summed E-state index contributed by atoms with van der Waals surface area (Å²) in [6.07, 6.45) is -1.17. The van der Waals surface area contributed by atoms with Crippen molar-refractivity contribution in [1.29, 1.82) is 0 Å². The average Bonchev–Trinajstić information content (AvgIpc) is 3.20. The minimum absolute atomic E-state index is 0.182. The number of rotatable bonds is 6. The third kappa shape index (κ3) is 5.58. The number of hydrogen-bond donors (Lipinski definition) is 1. The zero-order valence-electron chi connectivity index (χ0n) is 18.3. The number of ether oxygens (including phenoxy) is 1. The first-order valence-corrected chi connectivity index (χ1v) is 10.3. The van der Waals surface area contributed by atoms with Crippen molar-refractivity contribution in [2.24, 2.45) is 0 Å². The lowest BCUT2D eigenvalue weighted by atomic mass is 10.1. The minimum Gasteiger partial charge on any atom is -0.439 e. The summed E-state index contributed by atoms with van der Waals surface area (Å²) in [5.74, 6) is 2.32. The summed E-state index contributed by atoms with van der Waals surface area (Å²) in [5.41, 5.74) is -0.0288. The number of alkyl halides is 3. The summed E-state index contributed by atoms with van der Waals surface area (Å²) in [7, 11) is 0. The molecule has 174 valence electrons. The van der Waals surface area contributed by atoms with Gasteiger partial charge in [0.25, 0.3) is 0 Å². The fourth-order valence-electron chi connectivity index (χ4n) is 3.30. The van der Waals surface area contributed by atoms with Gasteiger partial charge >= 0.3 is 6.18 Å². The molecule has 7 nitrogen and oxygen atoms in total. The van der Waals surface area contributed by atoms with Gasteiger partial charge in [-0.3, -0.25) is 9.36 Å². The summed E-state index contributed by atoms with van der Waals surface area (Å²) in [6.45, 7) is 3.61. The lowest BCUT2D eigenvalue weighted by molar-refractivity contribution is -0.137. The SMILES string of the molecule is Cc1nc(Oc2ccc(NC(=O)Cc3cccc(C(F)(F)F)c3)cc2)cc(-n2ccnc2C)n1. The molecule has 0 aliphatic rings. The second-order valence-corrected chi connectivity index (χ2v) is 7.51. The Morgan fingerprint density at radius 3 is 2.50 bits per heavy atom. The average molecular weight is 467 g/mol. The Kier molecular flexibility index (Phi) is 6.31. The highest BCUT2D eigenvalue weighted by atomic mass is 19.4. The van der Waals surface area contributed by atoms with Gasteiger partial charge in [0, 0.05) is 24.1 Å². The summed E-state index contributed by atoms with van der Waals surface area (Å²) in [5, 5.41) is 2.67. The molecule has 0 aliphatic heterocycles. The third-order valence-electron chi connectivity index (χ3n) is 4.85. The maximum atomic E-state index is 12.9. The highest BCUT2D eigenvalue weighted by Crippen LogP contribution is 2.30. The van der Waals surface area contributed by atoms with Gasteiger partial charge in [-0.15, -0.1) is 0 Å². The fraction of sp³-hybridized carbons (Fsp3) is 0.167. The van der Waals surface area contributed by atoms with Gasteiger partial charge in [-0.05, 0) is 49.7 Å². The monoisotopic (exact) mass is 467 g/mol. The van der Waals surface area contributed by atoms with Crippen LogP contribution in [0.15, 0.2) is 67.0 Å². The molecule has 0 bridgehead atoms. The van der Waals surface area contributed by atoms with Crippen molar-refractivity contribution < 1.29 is 22.7 Å². The van der Waals surface area contributed by atoms with Crippen LogP contribution in [0, 0.1) is 13.8 Å². The molecule has 0 unspecified atom stereocenters. The van der Waals surface area contributed by atoms with Crippen molar-refractivity contribution >= 4 is 11.6 Å². The molecular weight excluding hydrogens is 447 g/mol. The van der Waals surface area contributed by atoms with Crippen molar-refractivity contribution in [3.8, 4) is 17.4 Å². The Morgan fingerprint density at radius 1 is 1.06 bits per heavy atom. The molecule has 1 amide bonds. The van der Waals surface area contributed by atoms with E-state index in [0.29, 0.717) is 29.0 Å². The van der Waals surface area contributed by atoms with Crippen LogP contribution < -0.4 is 10.1 Å². The molecule has 0 saturated carbocycles. The first-order valence-electron chi connectivity index (χ1n) is 10.3. The van der Waals surface area contributed by atoms with E-state index >= 15 is 0 Å². The number of nitrogens with zero attached hydrogens (tertiary/aromatic N) is 4. The smallest absolute Gasteiger partial charge is 0.416 e. The number of aryl methyl sites for hydroxylation is 2. The molecule has 0 saturated heterocycles. The van der Waals surface area contributed by atoms with Gasteiger partial charge in [-0.25, -0.2) is 9.97 Å². The number of imidazole rings is 1. The van der Waals surface area contributed by atoms with Crippen molar-refractivity contribution in [1.82, 2.24) is 19.5 Å². The van der Waals surface area contributed by atoms with Crippen molar-refractivity contribution in [3.05, 3.63) is 89.8 Å². The Bertz CT molecular complexity index is 1320. The van der Waals surface area contributed by atoms with Crippen LogP contribution in [0.5, 0.6) is 11.6 Å². The highest BCUT2D eigenvalue weighted by Gasteiger charge is 2.30. The molecule has 2 heterocycles. The van der Waals surface area contributed by atoms with Crippen LogP contribution in [0.3, 0.4) is 0 Å². The Hall–Kier alpha value is -4.21. The van der Waals surface area contributed by atoms with E-state index in [9.17, 15) is 18.0 Å². The summed E-state index contributed by atoms with van der Waals surface area (Å²) in [6, 6.07) is 13.0. The number of nitrogens with one attached hydrogen (secondary N) is 1. The minimum atomic E-state index is -4.46. The Labute approximate surface area is 193 Å². The highest BCUT2D eigenvalue weighted by molar-refractivity contribution is 5.92. The Morgan fingerprint density at radius 2 is 1.82 bits per heavy atom. The van der Waals surface area contributed by atoms with Crippen LogP contribution in [-0.2, 0) is 17.4 Å². The number of aromatic nitrogens is 4. The van der Waals surface area contributed by atoms with Crippen molar-refractivity contribution in [2.45, 2.75) is 26.4 Å². The van der Waals surface area contributed by atoms with E-state index in [4.69, 9.17) is 4.74 Å².